The number of pyridine rings is 1. The van der Waals surface area contributed by atoms with Crippen LogP contribution in [0.2, 0.25) is 0 Å². The summed E-state index contributed by atoms with van der Waals surface area (Å²) in [5.41, 5.74) is 16.5. The van der Waals surface area contributed by atoms with E-state index in [4.69, 9.17) is 5.73 Å². The van der Waals surface area contributed by atoms with Crippen molar-refractivity contribution in [3.05, 3.63) is 41.0 Å². The van der Waals surface area contributed by atoms with Crippen LogP contribution in [0.15, 0.2) is 24.3 Å². The normalized spacial score (nSPS) is 23.2. The molecule has 5 N–H and O–H groups in total. The molecule has 1 fully saturated rings. The van der Waals surface area contributed by atoms with E-state index in [9.17, 15) is 10.4 Å². The zero-order valence-corrected chi connectivity index (χ0v) is 14.0. The maximum Gasteiger partial charge on any atom is 0.142 e. The summed E-state index contributed by atoms with van der Waals surface area (Å²) in [6, 6.07) is 9.41. The molecule has 6 nitrogen and oxygen atoms in total. The number of hydrazine groups is 1. The molecular weight excluding hydrogens is 302 g/mol. The first-order valence-electron chi connectivity index (χ1n) is 7.94. The summed E-state index contributed by atoms with van der Waals surface area (Å²) >= 11 is 0. The first-order chi connectivity index (χ1) is 11.4. The molecule has 1 aliphatic rings. The molecule has 1 aliphatic heterocycles. The van der Waals surface area contributed by atoms with Gasteiger partial charge in [0.05, 0.1) is 11.3 Å². The standard InChI is InChI=1S/C18H21N5O/c1-9-15(16-10(2)22-23-11(16)3)14(8-19)18(20)21-17(9)12-4-6-13(24)7-5-12/h4-7,10-11,16,22-24H,1-3H3,(H2,20,21). The van der Waals surface area contributed by atoms with Crippen LogP contribution in [-0.2, 0) is 0 Å². The molecule has 1 saturated heterocycles. The van der Waals surface area contributed by atoms with E-state index in [1.54, 1.807) is 24.3 Å². The molecule has 24 heavy (non-hydrogen) atoms. The third-order valence-corrected chi connectivity index (χ3v) is 4.72. The van der Waals surface area contributed by atoms with Crippen molar-refractivity contribution in [2.75, 3.05) is 5.73 Å². The Balaban J connectivity index is 2.24. The van der Waals surface area contributed by atoms with Gasteiger partial charge in [-0.3, -0.25) is 10.9 Å². The molecule has 124 valence electrons. The van der Waals surface area contributed by atoms with Gasteiger partial charge < -0.3 is 10.8 Å². The Morgan fingerprint density at radius 1 is 1.17 bits per heavy atom. The number of phenolic OH excluding ortho intramolecular Hbond substituents is 1. The second kappa shape index (κ2) is 6.11. The van der Waals surface area contributed by atoms with Crippen molar-refractivity contribution >= 4 is 5.82 Å². The van der Waals surface area contributed by atoms with Crippen molar-refractivity contribution in [1.29, 1.82) is 5.26 Å². The van der Waals surface area contributed by atoms with Gasteiger partial charge in [-0.15, -0.1) is 0 Å². The van der Waals surface area contributed by atoms with E-state index in [1.165, 1.54) is 0 Å². The molecule has 0 aliphatic carbocycles. The zero-order chi connectivity index (χ0) is 17.4. The summed E-state index contributed by atoms with van der Waals surface area (Å²) in [5.74, 6) is 0.554. The maximum atomic E-state index is 9.61. The van der Waals surface area contributed by atoms with Gasteiger partial charge in [-0.1, -0.05) is 0 Å². The number of hydrogen-bond donors (Lipinski definition) is 4. The molecule has 2 unspecified atom stereocenters. The van der Waals surface area contributed by atoms with Crippen LogP contribution in [0.5, 0.6) is 5.75 Å². The minimum atomic E-state index is 0.112. The number of phenols is 1. The van der Waals surface area contributed by atoms with E-state index in [-0.39, 0.29) is 29.6 Å². The molecule has 0 bridgehead atoms. The first-order valence-corrected chi connectivity index (χ1v) is 7.94. The SMILES string of the molecule is Cc1c(-c2ccc(O)cc2)nc(N)c(C#N)c1C1C(C)NNC1C. The Labute approximate surface area is 141 Å². The smallest absolute Gasteiger partial charge is 0.142 e. The Bertz CT molecular complexity index is 800. The number of hydrogen-bond acceptors (Lipinski definition) is 6. The second-order valence-electron chi connectivity index (χ2n) is 6.31. The van der Waals surface area contributed by atoms with Crippen LogP contribution in [0.1, 0.15) is 36.5 Å². The molecule has 2 atom stereocenters. The van der Waals surface area contributed by atoms with Crippen LogP contribution in [0, 0.1) is 18.3 Å². The number of aromatic hydroxyl groups is 1. The van der Waals surface area contributed by atoms with Crippen LogP contribution in [0.25, 0.3) is 11.3 Å². The maximum absolute atomic E-state index is 9.61. The predicted molar refractivity (Wildman–Crippen MR) is 93.1 cm³/mol. The summed E-state index contributed by atoms with van der Waals surface area (Å²) in [4.78, 5) is 4.46. The van der Waals surface area contributed by atoms with Gasteiger partial charge in [0, 0.05) is 23.6 Å². The van der Waals surface area contributed by atoms with Crippen molar-refractivity contribution in [3.8, 4) is 23.1 Å². The average molecular weight is 323 g/mol. The van der Waals surface area contributed by atoms with Gasteiger partial charge in [0.15, 0.2) is 0 Å². The number of nitrogens with two attached hydrogens (primary N) is 1. The van der Waals surface area contributed by atoms with Gasteiger partial charge in [0.2, 0.25) is 0 Å². The van der Waals surface area contributed by atoms with E-state index in [0.29, 0.717) is 5.56 Å². The monoisotopic (exact) mass is 323 g/mol. The van der Waals surface area contributed by atoms with E-state index in [1.807, 2.05) is 6.92 Å². The molecule has 2 heterocycles. The summed E-state index contributed by atoms with van der Waals surface area (Å²) < 4.78 is 0. The van der Waals surface area contributed by atoms with Gasteiger partial charge >= 0.3 is 0 Å². The highest BCUT2D eigenvalue weighted by Gasteiger charge is 2.35. The number of anilines is 1. The Morgan fingerprint density at radius 3 is 2.29 bits per heavy atom. The summed E-state index contributed by atoms with van der Waals surface area (Å²) in [6.07, 6.45) is 0. The largest absolute Gasteiger partial charge is 0.508 e. The first kappa shape index (κ1) is 16.2. The lowest BCUT2D eigenvalue weighted by atomic mass is 9.82. The number of nitrogens with one attached hydrogen (secondary N) is 2. The molecule has 0 amide bonds. The van der Waals surface area contributed by atoms with Crippen LogP contribution in [-0.4, -0.2) is 22.2 Å². The van der Waals surface area contributed by atoms with Crippen molar-refractivity contribution in [2.45, 2.75) is 38.8 Å². The van der Waals surface area contributed by atoms with Crippen LogP contribution >= 0.6 is 0 Å². The van der Waals surface area contributed by atoms with E-state index >= 15 is 0 Å². The van der Waals surface area contributed by atoms with Crippen LogP contribution in [0.4, 0.5) is 5.82 Å². The van der Waals surface area contributed by atoms with Gasteiger partial charge in [-0.2, -0.15) is 5.26 Å². The highest BCUT2D eigenvalue weighted by molar-refractivity contribution is 5.71. The van der Waals surface area contributed by atoms with Gasteiger partial charge in [0.1, 0.15) is 17.6 Å². The minimum Gasteiger partial charge on any atom is -0.508 e. The molecule has 3 rings (SSSR count). The Morgan fingerprint density at radius 2 is 1.75 bits per heavy atom. The van der Waals surface area contributed by atoms with Crippen molar-refractivity contribution < 1.29 is 5.11 Å². The fourth-order valence-corrected chi connectivity index (χ4v) is 3.52. The number of nitrogens with zero attached hydrogens (tertiary/aromatic N) is 2. The van der Waals surface area contributed by atoms with Crippen LogP contribution < -0.4 is 16.6 Å². The lowest BCUT2D eigenvalue weighted by Crippen LogP contribution is -2.30. The zero-order valence-electron chi connectivity index (χ0n) is 14.0. The number of nitrogen functional groups attached to an aromatic ring is 1. The molecule has 0 spiro atoms. The number of nitriles is 1. The molecule has 1 aromatic heterocycles. The third-order valence-electron chi connectivity index (χ3n) is 4.72. The molecule has 2 aromatic rings. The third kappa shape index (κ3) is 2.58. The quantitative estimate of drug-likeness (QED) is 0.675. The lowest BCUT2D eigenvalue weighted by molar-refractivity contribution is 0.475. The molecule has 0 saturated carbocycles. The second-order valence-corrected chi connectivity index (χ2v) is 6.31. The van der Waals surface area contributed by atoms with Crippen molar-refractivity contribution in [1.82, 2.24) is 15.8 Å². The van der Waals surface area contributed by atoms with Gasteiger partial charge in [0.25, 0.3) is 0 Å². The summed E-state index contributed by atoms with van der Waals surface area (Å²) in [6.45, 7) is 6.14. The lowest BCUT2D eigenvalue weighted by Gasteiger charge is -2.24. The number of aromatic nitrogens is 1. The molecule has 1 aromatic carbocycles. The number of rotatable bonds is 2. The van der Waals surface area contributed by atoms with Crippen molar-refractivity contribution in [2.24, 2.45) is 0 Å². The fraction of sp³-hybridized carbons (Fsp3) is 0.333. The van der Waals surface area contributed by atoms with Crippen LogP contribution in [0.3, 0.4) is 0 Å². The number of benzene rings is 1. The summed E-state index contributed by atoms with van der Waals surface area (Å²) in [5, 5.41) is 19.1. The van der Waals surface area contributed by atoms with Gasteiger partial charge in [-0.25, -0.2) is 4.98 Å². The molecule has 6 heteroatoms. The topological polar surface area (TPSA) is 107 Å². The van der Waals surface area contributed by atoms with E-state index in [0.717, 1.165) is 22.4 Å². The van der Waals surface area contributed by atoms with Crippen molar-refractivity contribution in [3.63, 3.8) is 0 Å². The molecule has 0 radical (unpaired) electrons. The van der Waals surface area contributed by atoms with E-state index < -0.39 is 0 Å². The highest BCUT2D eigenvalue weighted by Crippen LogP contribution is 2.37. The average Bonchev–Trinajstić information content (AvgIpc) is 2.89. The minimum absolute atomic E-state index is 0.112. The summed E-state index contributed by atoms with van der Waals surface area (Å²) in [7, 11) is 0. The fourth-order valence-electron chi connectivity index (χ4n) is 3.52. The highest BCUT2D eigenvalue weighted by atomic mass is 16.3. The van der Waals surface area contributed by atoms with Gasteiger partial charge in [-0.05, 0) is 56.2 Å². The molecular formula is C18H21N5O. The van der Waals surface area contributed by atoms with E-state index in [2.05, 4.69) is 35.8 Å². The Hall–Kier alpha value is -2.62. The predicted octanol–water partition coefficient (Wildman–Crippen LogP) is 2.18. The Kier molecular flexibility index (Phi) is 4.14.